The molecule has 17 heavy (non-hydrogen) atoms. The zero-order chi connectivity index (χ0) is 13.1. The number of carboxylic acid groups (broad SMARTS) is 1. The van der Waals surface area contributed by atoms with Crippen LogP contribution >= 0.6 is 0 Å². The summed E-state index contributed by atoms with van der Waals surface area (Å²) in [7, 11) is 0. The van der Waals surface area contributed by atoms with Crippen molar-refractivity contribution in [1.29, 1.82) is 0 Å². The second-order valence-electron chi connectivity index (χ2n) is 5.27. The van der Waals surface area contributed by atoms with Gasteiger partial charge in [0.05, 0.1) is 0 Å². The standard InChI is InChI=1S/C15H20O2/c1-11-5-6-13(12(2)9-11)10-15(3,4)8-7-14(16)17/h5-9H,10H2,1-4H3,(H,16,17)/b8-7+. The van der Waals surface area contributed by atoms with Crippen LogP contribution in [0.3, 0.4) is 0 Å². The number of carbonyl (C=O) groups is 1. The van der Waals surface area contributed by atoms with Crippen LogP contribution in [0.5, 0.6) is 0 Å². The van der Waals surface area contributed by atoms with E-state index in [0.29, 0.717) is 0 Å². The van der Waals surface area contributed by atoms with Gasteiger partial charge in [0, 0.05) is 6.08 Å². The zero-order valence-corrected chi connectivity index (χ0v) is 10.9. The maximum absolute atomic E-state index is 10.5. The van der Waals surface area contributed by atoms with Crippen LogP contribution < -0.4 is 0 Å². The van der Waals surface area contributed by atoms with Crippen molar-refractivity contribution in [3.8, 4) is 0 Å². The Labute approximate surface area is 103 Å². The summed E-state index contributed by atoms with van der Waals surface area (Å²) in [5.74, 6) is -0.890. The van der Waals surface area contributed by atoms with Crippen LogP contribution in [-0.4, -0.2) is 11.1 Å². The molecule has 0 bridgehead atoms. The fourth-order valence-corrected chi connectivity index (χ4v) is 1.89. The number of benzene rings is 1. The summed E-state index contributed by atoms with van der Waals surface area (Å²) in [5.41, 5.74) is 3.65. The summed E-state index contributed by atoms with van der Waals surface area (Å²) in [5, 5.41) is 8.65. The Bertz CT molecular complexity index is 442. The van der Waals surface area contributed by atoms with Crippen molar-refractivity contribution in [2.45, 2.75) is 34.1 Å². The van der Waals surface area contributed by atoms with Gasteiger partial charge in [-0.3, -0.25) is 0 Å². The van der Waals surface area contributed by atoms with Gasteiger partial charge in [-0.2, -0.15) is 0 Å². The van der Waals surface area contributed by atoms with E-state index in [0.717, 1.165) is 6.42 Å². The second kappa shape index (κ2) is 5.17. The molecule has 0 heterocycles. The minimum absolute atomic E-state index is 0.140. The summed E-state index contributed by atoms with van der Waals surface area (Å²) in [6.45, 7) is 8.27. The number of rotatable bonds is 4. The van der Waals surface area contributed by atoms with E-state index in [1.807, 2.05) is 13.8 Å². The first-order valence-electron chi connectivity index (χ1n) is 5.78. The van der Waals surface area contributed by atoms with E-state index in [1.165, 1.54) is 22.8 Å². The number of hydrogen-bond donors (Lipinski definition) is 1. The molecule has 1 aromatic rings. The second-order valence-corrected chi connectivity index (χ2v) is 5.27. The van der Waals surface area contributed by atoms with E-state index in [9.17, 15) is 4.79 Å². The first-order chi connectivity index (χ1) is 7.80. The van der Waals surface area contributed by atoms with Crippen molar-refractivity contribution < 1.29 is 9.90 Å². The summed E-state index contributed by atoms with van der Waals surface area (Å²) in [6.07, 6.45) is 3.83. The van der Waals surface area contributed by atoms with Crippen molar-refractivity contribution in [2.75, 3.05) is 0 Å². The number of carboxylic acids is 1. The van der Waals surface area contributed by atoms with E-state index in [2.05, 4.69) is 32.0 Å². The van der Waals surface area contributed by atoms with Crippen LogP contribution in [0.2, 0.25) is 0 Å². The Morgan fingerprint density at radius 2 is 2.00 bits per heavy atom. The third-order valence-corrected chi connectivity index (χ3v) is 2.82. The first-order valence-corrected chi connectivity index (χ1v) is 5.78. The molecule has 1 rings (SSSR count). The summed E-state index contributed by atoms with van der Waals surface area (Å²) in [4.78, 5) is 10.5. The van der Waals surface area contributed by atoms with E-state index in [-0.39, 0.29) is 5.41 Å². The molecule has 1 N–H and O–H groups in total. The molecule has 0 fully saturated rings. The fraction of sp³-hybridized carbons (Fsp3) is 0.400. The average Bonchev–Trinajstić information content (AvgIpc) is 2.20. The summed E-state index contributed by atoms with van der Waals surface area (Å²) < 4.78 is 0. The molecule has 0 aromatic heterocycles. The predicted molar refractivity (Wildman–Crippen MR) is 70.2 cm³/mol. The molecule has 0 aliphatic carbocycles. The zero-order valence-electron chi connectivity index (χ0n) is 10.9. The Balaban J connectivity index is 2.86. The van der Waals surface area contributed by atoms with Crippen LogP contribution in [0.15, 0.2) is 30.4 Å². The lowest BCUT2D eigenvalue weighted by molar-refractivity contribution is -0.131. The van der Waals surface area contributed by atoms with Crippen LogP contribution in [0.4, 0.5) is 0 Å². The molecule has 0 saturated heterocycles. The highest BCUT2D eigenvalue weighted by molar-refractivity contribution is 5.79. The first kappa shape index (κ1) is 13.5. The van der Waals surface area contributed by atoms with Crippen LogP contribution in [0.1, 0.15) is 30.5 Å². The lowest BCUT2D eigenvalue weighted by atomic mass is 9.84. The normalized spacial score (nSPS) is 12.0. The molecule has 0 aliphatic rings. The maximum atomic E-state index is 10.5. The van der Waals surface area contributed by atoms with Crippen molar-refractivity contribution >= 4 is 5.97 Å². The smallest absolute Gasteiger partial charge is 0.327 e. The van der Waals surface area contributed by atoms with Crippen LogP contribution in [-0.2, 0) is 11.2 Å². The molecule has 92 valence electrons. The average molecular weight is 232 g/mol. The SMILES string of the molecule is Cc1ccc(CC(C)(C)/C=C/C(=O)O)c(C)c1. The fourth-order valence-electron chi connectivity index (χ4n) is 1.89. The minimum atomic E-state index is -0.890. The Morgan fingerprint density at radius 1 is 1.35 bits per heavy atom. The highest BCUT2D eigenvalue weighted by atomic mass is 16.4. The largest absolute Gasteiger partial charge is 0.478 e. The lowest BCUT2D eigenvalue weighted by Gasteiger charge is -2.21. The Hall–Kier alpha value is -1.57. The third kappa shape index (κ3) is 4.43. The van der Waals surface area contributed by atoms with Gasteiger partial charge in [-0.25, -0.2) is 4.79 Å². The van der Waals surface area contributed by atoms with Gasteiger partial charge in [0.25, 0.3) is 0 Å². The van der Waals surface area contributed by atoms with Crippen molar-refractivity contribution in [2.24, 2.45) is 5.41 Å². The molecule has 2 heteroatoms. The molecule has 2 nitrogen and oxygen atoms in total. The predicted octanol–water partition coefficient (Wildman–Crippen LogP) is 3.51. The van der Waals surface area contributed by atoms with E-state index < -0.39 is 5.97 Å². The summed E-state index contributed by atoms with van der Waals surface area (Å²) in [6, 6.07) is 6.38. The molecule has 0 amide bonds. The number of aryl methyl sites for hydroxylation is 2. The Kier molecular flexibility index (Phi) is 4.11. The van der Waals surface area contributed by atoms with Crippen molar-refractivity contribution in [3.05, 3.63) is 47.0 Å². The van der Waals surface area contributed by atoms with Crippen LogP contribution in [0, 0.1) is 19.3 Å². The van der Waals surface area contributed by atoms with Gasteiger partial charge in [0.15, 0.2) is 0 Å². The molecule has 0 aliphatic heterocycles. The van der Waals surface area contributed by atoms with E-state index >= 15 is 0 Å². The number of allylic oxidation sites excluding steroid dienone is 1. The van der Waals surface area contributed by atoms with Gasteiger partial charge in [0.1, 0.15) is 0 Å². The van der Waals surface area contributed by atoms with Gasteiger partial charge in [-0.15, -0.1) is 0 Å². The molecule has 0 atom stereocenters. The van der Waals surface area contributed by atoms with Crippen molar-refractivity contribution in [1.82, 2.24) is 0 Å². The minimum Gasteiger partial charge on any atom is -0.478 e. The third-order valence-electron chi connectivity index (χ3n) is 2.82. The van der Waals surface area contributed by atoms with Crippen LogP contribution in [0.25, 0.3) is 0 Å². The molecule has 0 radical (unpaired) electrons. The molecule has 1 aromatic carbocycles. The lowest BCUT2D eigenvalue weighted by Crippen LogP contribution is -2.13. The number of hydrogen-bond acceptors (Lipinski definition) is 1. The molecule has 0 unspecified atom stereocenters. The monoisotopic (exact) mass is 232 g/mol. The van der Waals surface area contributed by atoms with E-state index in [4.69, 9.17) is 5.11 Å². The van der Waals surface area contributed by atoms with Gasteiger partial charge >= 0.3 is 5.97 Å². The van der Waals surface area contributed by atoms with E-state index in [1.54, 1.807) is 6.08 Å². The topological polar surface area (TPSA) is 37.3 Å². The molecular weight excluding hydrogens is 212 g/mol. The van der Waals surface area contributed by atoms with Gasteiger partial charge in [-0.05, 0) is 36.8 Å². The Morgan fingerprint density at radius 3 is 2.53 bits per heavy atom. The van der Waals surface area contributed by atoms with Gasteiger partial charge in [-0.1, -0.05) is 43.7 Å². The van der Waals surface area contributed by atoms with Crippen molar-refractivity contribution in [3.63, 3.8) is 0 Å². The molecule has 0 spiro atoms. The molecule has 0 saturated carbocycles. The van der Waals surface area contributed by atoms with Gasteiger partial charge in [0.2, 0.25) is 0 Å². The maximum Gasteiger partial charge on any atom is 0.327 e. The van der Waals surface area contributed by atoms with Gasteiger partial charge < -0.3 is 5.11 Å². The number of aliphatic carboxylic acids is 1. The highest BCUT2D eigenvalue weighted by Crippen LogP contribution is 2.25. The summed E-state index contributed by atoms with van der Waals surface area (Å²) >= 11 is 0. The quantitative estimate of drug-likeness (QED) is 0.806. The highest BCUT2D eigenvalue weighted by Gasteiger charge is 2.16. The molecular formula is C15H20O2.